The minimum absolute atomic E-state index is 0.783. The lowest BCUT2D eigenvalue weighted by Gasteiger charge is -2.09. The van der Waals surface area contributed by atoms with Crippen molar-refractivity contribution in [3.63, 3.8) is 0 Å². The van der Waals surface area contributed by atoms with Gasteiger partial charge in [-0.2, -0.15) is 10.2 Å². The first-order chi connectivity index (χ1) is 11.2. The average Bonchev–Trinajstić information content (AvgIpc) is 2.56. The van der Waals surface area contributed by atoms with Crippen molar-refractivity contribution < 1.29 is 4.74 Å². The molecule has 0 heterocycles. The van der Waals surface area contributed by atoms with Crippen LogP contribution >= 0.6 is 0 Å². The zero-order valence-corrected chi connectivity index (χ0v) is 14.4. The number of aryl methyl sites for hydroxylation is 2. The van der Waals surface area contributed by atoms with Gasteiger partial charge in [-0.05, 0) is 56.2 Å². The maximum absolute atomic E-state index is 5.84. The van der Waals surface area contributed by atoms with E-state index in [1.54, 1.807) is 0 Å². The van der Waals surface area contributed by atoms with Gasteiger partial charge in [-0.15, -0.1) is 0 Å². The van der Waals surface area contributed by atoms with E-state index in [1.807, 2.05) is 49.4 Å². The third-order valence-corrected chi connectivity index (χ3v) is 3.73. The molecule has 0 aliphatic heterocycles. The van der Waals surface area contributed by atoms with Gasteiger partial charge in [0.1, 0.15) is 5.75 Å². The SMILES string of the molecule is CCCCCCOc1ccc(N=Nc2ccc(C)cc2)cc1C. The van der Waals surface area contributed by atoms with Gasteiger partial charge >= 0.3 is 0 Å². The van der Waals surface area contributed by atoms with E-state index in [1.165, 1.54) is 24.8 Å². The maximum atomic E-state index is 5.84. The molecular weight excluding hydrogens is 284 g/mol. The number of rotatable bonds is 8. The smallest absolute Gasteiger partial charge is 0.122 e. The van der Waals surface area contributed by atoms with E-state index in [4.69, 9.17) is 4.74 Å². The lowest BCUT2D eigenvalue weighted by Crippen LogP contribution is -1.98. The molecule has 2 rings (SSSR count). The summed E-state index contributed by atoms with van der Waals surface area (Å²) < 4.78 is 5.84. The molecule has 0 aliphatic rings. The van der Waals surface area contributed by atoms with Gasteiger partial charge in [-0.1, -0.05) is 43.9 Å². The molecule has 0 fully saturated rings. The van der Waals surface area contributed by atoms with E-state index in [-0.39, 0.29) is 0 Å². The topological polar surface area (TPSA) is 34.0 Å². The first-order valence-electron chi connectivity index (χ1n) is 8.41. The Hall–Kier alpha value is -2.16. The Morgan fingerprint density at radius 3 is 2.22 bits per heavy atom. The Kier molecular flexibility index (Phi) is 6.79. The summed E-state index contributed by atoms with van der Waals surface area (Å²) in [6, 6.07) is 14.0. The zero-order chi connectivity index (χ0) is 16.5. The highest BCUT2D eigenvalue weighted by molar-refractivity contribution is 5.47. The summed E-state index contributed by atoms with van der Waals surface area (Å²) >= 11 is 0. The van der Waals surface area contributed by atoms with Crippen molar-refractivity contribution in [2.45, 2.75) is 46.5 Å². The summed E-state index contributed by atoms with van der Waals surface area (Å²) in [6.45, 7) is 7.11. The van der Waals surface area contributed by atoms with Gasteiger partial charge in [0.25, 0.3) is 0 Å². The van der Waals surface area contributed by atoms with Crippen LogP contribution in [0.1, 0.15) is 43.7 Å². The molecule has 0 radical (unpaired) electrons. The second-order valence-electron chi connectivity index (χ2n) is 5.89. The minimum Gasteiger partial charge on any atom is -0.493 e. The Balaban J connectivity index is 1.92. The average molecular weight is 310 g/mol. The molecular formula is C20H26N2O. The van der Waals surface area contributed by atoms with Crippen molar-refractivity contribution in [3.8, 4) is 5.75 Å². The predicted octanol–water partition coefficient (Wildman–Crippen LogP) is 6.68. The quantitative estimate of drug-likeness (QED) is 0.395. The molecule has 122 valence electrons. The first-order valence-corrected chi connectivity index (χ1v) is 8.41. The van der Waals surface area contributed by atoms with Gasteiger partial charge in [0.2, 0.25) is 0 Å². The fourth-order valence-electron chi connectivity index (χ4n) is 2.30. The number of nitrogens with zero attached hydrogens (tertiary/aromatic N) is 2. The van der Waals surface area contributed by atoms with Gasteiger partial charge in [0.15, 0.2) is 0 Å². The van der Waals surface area contributed by atoms with E-state index in [0.29, 0.717) is 0 Å². The Morgan fingerprint density at radius 1 is 0.826 bits per heavy atom. The molecule has 0 bridgehead atoms. The second kappa shape index (κ2) is 9.09. The highest BCUT2D eigenvalue weighted by atomic mass is 16.5. The summed E-state index contributed by atoms with van der Waals surface area (Å²) in [4.78, 5) is 0. The van der Waals surface area contributed by atoms with Crippen LogP contribution in [0, 0.1) is 13.8 Å². The molecule has 0 atom stereocenters. The number of benzene rings is 2. The normalized spacial score (nSPS) is 11.1. The van der Waals surface area contributed by atoms with E-state index in [0.717, 1.165) is 35.7 Å². The van der Waals surface area contributed by atoms with Crippen LogP contribution in [0.3, 0.4) is 0 Å². The highest BCUT2D eigenvalue weighted by Gasteiger charge is 2.01. The summed E-state index contributed by atoms with van der Waals surface area (Å²) in [5.74, 6) is 0.941. The summed E-state index contributed by atoms with van der Waals surface area (Å²) in [5, 5.41) is 8.57. The Morgan fingerprint density at radius 2 is 1.52 bits per heavy atom. The van der Waals surface area contributed by atoms with Crippen LogP contribution in [0.5, 0.6) is 5.75 Å². The van der Waals surface area contributed by atoms with Crippen LogP contribution in [0.2, 0.25) is 0 Å². The van der Waals surface area contributed by atoms with Crippen molar-refractivity contribution in [1.29, 1.82) is 0 Å². The molecule has 0 spiro atoms. The first kappa shape index (κ1) is 17.2. The van der Waals surface area contributed by atoms with Crippen LogP contribution in [0.4, 0.5) is 11.4 Å². The van der Waals surface area contributed by atoms with E-state index in [9.17, 15) is 0 Å². The van der Waals surface area contributed by atoms with Gasteiger partial charge < -0.3 is 4.74 Å². The lowest BCUT2D eigenvalue weighted by atomic mass is 10.2. The highest BCUT2D eigenvalue weighted by Crippen LogP contribution is 2.25. The molecule has 0 unspecified atom stereocenters. The molecule has 2 aromatic rings. The van der Waals surface area contributed by atoms with Gasteiger partial charge in [0.05, 0.1) is 18.0 Å². The molecule has 0 N–H and O–H groups in total. The maximum Gasteiger partial charge on any atom is 0.122 e. The molecule has 0 amide bonds. The summed E-state index contributed by atoms with van der Waals surface area (Å²) in [6.07, 6.45) is 4.88. The van der Waals surface area contributed by atoms with Crippen molar-refractivity contribution in [2.24, 2.45) is 10.2 Å². The molecule has 0 aromatic heterocycles. The fraction of sp³-hybridized carbons (Fsp3) is 0.400. The van der Waals surface area contributed by atoms with Gasteiger partial charge in [0, 0.05) is 0 Å². The van der Waals surface area contributed by atoms with Crippen LogP contribution in [0.15, 0.2) is 52.7 Å². The van der Waals surface area contributed by atoms with Crippen molar-refractivity contribution in [2.75, 3.05) is 6.61 Å². The van der Waals surface area contributed by atoms with Crippen LogP contribution in [-0.2, 0) is 0 Å². The van der Waals surface area contributed by atoms with Crippen molar-refractivity contribution >= 4 is 11.4 Å². The van der Waals surface area contributed by atoms with Crippen LogP contribution < -0.4 is 4.74 Å². The minimum atomic E-state index is 0.783. The molecule has 0 aliphatic carbocycles. The molecule has 2 aromatic carbocycles. The van der Waals surface area contributed by atoms with Gasteiger partial charge in [-0.25, -0.2) is 0 Å². The van der Waals surface area contributed by atoms with Crippen LogP contribution in [-0.4, -0.2) is 6.61 Å². The zero-order valence-electron chi connectivity index (χ0n) is 14.4. The second-order valence-corrected chi connectivity index (χ2v) is 5.89. The standard InChI is InChI=1S/C20H26N2O/c1-4-5-6-7-14-23-20-13-12-19(15-17(20)3)22-21-18-10-8-16(2)9-11-18/h8-13,15H,4-7,14H2,1-3H3. The fourth-order valence-corrected chi connectivity index (χ4v) is 2.30. The number of hydrogen-bond donors (Lipinski definition) is 0. The molecule has 23 heavy (non-hydrogen) atoms. The van der Waals surface area contributed by atoms with Gasteiger partial charge in [-0.3, -0.25) is 0 Å². The number of unbranched alkanes of at least 4 members (excludes halogenated alkanes) is 3. The summed E-state index contributed by atoms with van der Waals surface area (Å²) in [7, 11) is 0. The van der Waals surface area contributed by atoms with Crippen LogP contribution in [0.25, 0.3) is 0 Å². The molecule has 3 nitrogen and oxygen atoms in total. The molecule has 0 saturated carbocycles. The number of hydrogen-bond acceptors (Lipinski definition) is 3. The molecule has 3 heteroatoms. The third-order valence-electron chi connectivity index (χ3n) is 3.73. The van der Waals surface area contributed by atoms with Crippen molar-refractivity contribution in [1.82, 2.24) is 0 Å². The number of azo groups is 1. The van der Waals surface area contributed by atoms with E-state index < -0.39 is 0 Å². The third kappa shape index (κ3) is 5.85. The predicted molar refractivity (Wildman–Crippen MR) is 96.2 cm³/mol. The van der Waals surface area contributed by atoms with E-state index >= 15 is 0 Å². The number of ether oxygens (including phenoxy) is 1. The Labute approximate surface area is 139 Å². The monoisotopic (exact) mass is 310 g/mol. The lowest BCUT2D eigenvalue weighted by molar-refractivity contribution is 0.303. The largest absolute Gasteiger partial charge is 0.493 e. The van der Waals surface area contributed by atoms with E-state index in [2.05, 4.69) is 24.1 Å². The Bertz CT molecular complexity index is 633. The van der Waals surface area contributed by atoms with Crippen molar-refractivity contribution in [3.05, 3.63) is 53.6 Å². The molecule has 0 saturated heterocycles. The summed E-state index contributed by atoms with van der Waals surface area (Å²) in [5.41, 5.74) is 4.03.